The molecule has 0 spiro atoms. The van der Waals surface area contributed by atoms with Gasteiger partial charge in [0, 0.05) is 11.9 Å². The number of hydrogen-bond donors (Lipinski definition) is 0. The molecule has 0 N–H and O–H groups in total. The third-order valence-corrected chi connectivity index (χ3v) is 1.49. The molecule has 0 aliphatic rings. The third-order valence-electron chi connectivity index (χ3n) is 1.49. The van der Waals surface area contributed by atoms with Gasteiger partial charge in [-0.3, -0.25) is 0 Å². The molecule has 2 aromatic heterocycles. The highest BCUT2D eigenvalue weighted by Crippen LogP contribution is 1.96. The molecule has 0 saturated carbocycles. The second kappa shape index (κ2) is 2.26. The Morgan fingerprint density at radius 2 is 2.45 bits per heavy atom. The maximum absolute atomic E-state index is 4.18. The van der Waals surface area contributed by atoms with E-state index >= 15 is 0 Å². The summed E-state index contributed by atoms with van der Waals surface area (Å²) in [4.78, 5) is 4.18. The van der Waals surface area contributed by atoms with Crippen LogP contribution in [0.4, 0.5) is 0 Å². The minimum Gasteiger partial charge on any atom is -0.215 e. The summed E-state index contributed by atoms with van der Waals surface area (Å²) in [6.45, 7) is 2.04. The Hall–Kier alpha value is -1.52. The van der Waals surface area contributed by atoms with E-state index in [1.54, 1.807) is 10.7 Å². The van der Waals surface area contributed by atoms with Crippen LogP contribution in [0.1, 0.15) is 12.6 Å². The van der Waals surface area contributed by atoms with Crippen LogP contribution in [0.15, 0.2) is 12.3 Å². The molecule has 2 aromatic rings. The molecule has 0 aliphatic heterocycles. The predicted octanol–water partition coefficient (Wildman–Crippen LogP) is 0.0817. The summed E-state index contributed by atoms with van der Waals surface area (Å²) < 4.78 is 1.54. The van der Waals surface area contributed by atoms with Gasteiger partial charge in [0.2, 0.25) is 0 Å². The first kappa shape index (κ1) is 6.21. The zero-order valence-electron chi connectivity index (χ0n) is 6.10. The molecule has 5 heteroatoms. The van der Waals surface area contributed by atoms with E-state index < -0.39 is 0 Å². The molecule has 0 aliphatic carbocycles. The molecule has 0 amide bonds. The summed E-state index contributed by atoms with van der Waals surface area (Å²) in [7, 11) is 0. The van der Waals surface area contributed by atoms with Crippen LogP contribution >= 0.6 is 0 Å². The summed E-state index contributed by atoms with van der Waals surface area (Å²) in [6.07, 6.45) is 2.71. The van der Waals surface area contributed by atoms with Gasteiger partial charge in [0.05, 0.1) is 0 Å². The van der Waals surface area contributed by atoms with E-state index in [1.807, 2.05) is 13.0 Å². The predicted molar refractivity (Wildman–Crippen MR) is 38.0 cm³/mol. The normalized spacial score (nSPS) is 10.6. The fourth-order valence-electron chi connectivity index (χ4n) is 0.878. The Morgan fingerprint density at radius 1 is 1.55 bits per heavy atom. The van der Waals surface area contributed by atoms with Crippen molar-refractivity contribution in [2.45, 2.75) is 13.3 Å². The molecule has 5 nitrogen and oxygen atoms in total. The first-order chi connectivity index (χ1) is 5.40. The molecular weight excluding hydrogens is 142 g/mol. The number of nitrogens with zero attached hydrogens (tertiary/aromatic N) is 5. The minimum atomic E-state index is 0.560. The maximum atomic E-state index is 4.18. The Kier molecular flexibility index (Phi) is 1.28. The molecule has 56 valence electrons. The van der Waals surface area contributed by atoms with Crippen molar-refractivity contribution in [3.8, 4) is 0 Å². The first-order valence-electron chi connectivity index (χ1n) is 3.44. The summed E-state index contributed by atoms with van der Waals surface area (Å²) in [5, 5.41) is 10.9. The van der Waals surface area contributed by atoms with Gasteiger partial charge in [-0.15, -0.1) is 0 Å². The molecule has 0 bridgehead atoms. The molecular formula is C6H7N5. The number of aryl methyl sites for hydroxylation is 1. The van der Waals surface area contributed by atoms with Crippen molar-refractivity contribution < 1.29 is 0 Å². The maximum Gasteiger partial charge on any atom is 0.273 e. The van der Waals surface area contributed by atoms with Crippen LogP contribution in [0.2, 0.25) is 0 Å². The van der Waals surface area contributed by atoms with Gasteiger partial charge in [-0.1, -0.05) is 12.0 Å². The third kappa shape index (κ3) is 0.938. The highest BCUT2D eigenvalue weighted by atomic mass is 15.5. The SMILES string of the molecule is CCc1ccn2nnnc2n1. The topological polar surface area (TPSA) is 56.0 Å². The van der Waals surface area contributed by atoms with Crippen LogP contribution in [0, 0.1) is 0 Å². The minimum absolute atomic E-state index is 0.560. The Morgan fingerprint density at radius 3 is 3.27 bits per heavy atom. The van der Waals surface area contributed by atoms with Crippen LogP contribution in [0.3, 0.4) is 0 Å². The van der Waals surface area contributed by atoms with Gasteiger partial charge in [-0.05, 0) is 22.9 Å². The van der Waals surface area contributed by atoms with Crippen molar-refractivity contribution in [2.24, 2.45) is 0 Å². The van der Waals surface area contributed by atoms with Gasteiger partial charge in [0.15, 0.2) is 0 Å². The van der Waals surface area contributed by atoms with E-state index in [0.717, 1.165) is 12.1 Å². The fourth-order valence-corrected chi connectivity index (χ4v) is 0.878. The van der Waals surface area contributed by atoms with E-state index in [9.17, 15) is 0 Å². The van der Waals surface area contributed by atoms with Crippen LogP contribution in [-0.4, -0.2) is 25.0 Å². The van der Waals surface area contributed by atoms with E-state index in [4.69, 9.17) is 0 Å². The van der Waals surface area contributed by atoms with Crippen molar-refractivity contribution in [1.82, 2.24) is 25.0 Å². The van der Waals surface area contributed by atoms with Crippen molar-refractivity contribution >= 4 is 5.78 Å². The Balaban J connectivity index is 2.67. The van der Waals surface area contributed by atoms with Crippen LogP contribution in [-0.2, 0) is 6.42 Å². The standard InChI is InChI=1S/C6H7N5/c1-2-5-3-4-11-6(7-5)8-9-10-11/h3-4H,2H2,1H3. The second-order valence-corrected chi connectivity index (χ2v) is 2.20. The largest absolute Gasteiger partial charge is 0.273 e. The van der Waals surface area contributed by atoms with Gasteiger partial charge < -0.3 is 0 Å². The fraction of sp³-hybridized carbons (Fsp3) is 0.333. The highest BCUT2D eigenvalue weighted by Gasteiger charge is 1.97. The molecule has 2 rings (SSSR count). The average Bonchev–Trinajstić information content (AvgIpc) is 2.50. The molecule has 0 aromatic carbocycles. The van der Waals surface area contributed by atoms with Crippen molar-refractivity contribution in [1.29, 1.82) is 0 Å². The quantitative estimate of drug-likeness (QED) is 0.576. The van der Waals surface area contributed by atoms with Crippen LogP contribution in [0.25, 0.3) is 5.78 Å². The number of tetrazole rings is 1. The summed E-state index contributed by atoms with van der Waals surface area (Å²) >= 11 is 0. The van der Waals surface area contributed by atoms with Gasteiger partial charge in [0.1, 0.15) is 0 Å². The number of rotatable bonds is 1. The first-order valence-corrected chi connectivity index (χ1v) is 3.44. The molecule has 2 heterocycles. The zero-order chi connectivity index (χ0) is 7.68. The van der Waals surface area contributed by atoms with Gasteiger partial charge in [-0.2, -0.15) is 4.52 Å². The second-order valence-electron chi connectivity index (χ2n) is 2.20. The monoisotopic (exact) mass is 149 g/mol. The highest BCUT2D eigenvalue weighted by molar-refractivity contribution is 5.24. The van der Waals surface area contributed by atoms with E-state index in [-0.39, 0.29) is 0 Å². The van der Waals surface area contributed by atoms with E-state index in [1.165, 1.54) is 0 Å². The number of fused-ring (bicyclic) bond motifs is 1. The van der Waals surface area contributed by atoms with Gasteiger partial charge in [0.25, 0.3) is 5.78 Å². The lowest BCUT2D eigenvalue weighted by Crippen LogP contribution is -1.93. The van der Waals surface area contributed by atoms with Gasteiger partial charge >= 0.3 is 0 Å². The van der Waals surface area contributed by atoms with Crippen LogP contribution in [0.5, 0.6) is 0 Å². The summed E-state index contributed by atoms with van der Waals surface area (Å²) in [5.41, 5.74) is 1.01. The number of aromatic nitrogens is 5. The lowest BCUT2D eigenvalue weighted by atomic mass is 10.3. The smallest absolute Gasteiger partial charge is 0.215 e. The molecule has 0 unspecified atom stereocenters. The Bertz CT molecular complexity index is 366. The van der Waals surface area contributed by atoms with Crippen molar-refractivity contribution in [3.05, 3.63) is 18.0 Å². The molecule has 11 heavy (non-hydrogen) atoms. The zero-order valence-corrected chi connectivity index (χ0v) is 6.10. The lowest BCUT2D eigenvalue weighted by molar-refractivity contribution is 0.817. The average molecular weight is 149 g/mol. The van der Waals surface area contributed by atoms with E-state index in [2.05, 4.69) is 20.5 Å². The van der Waals surface area contributed by atoms with Crippen molar-refractivity contribution in [2.75, 3.05) is 0 Å². The van der Waals surface area contributed by atoms with Crippen LogP contribution < -0.4 is 0 Å². The van der Waals surface area contributed by atoms with Gasteiger partial charge in [-0.25, -0.2) is 4.98 Å². The Labute approximate surface area is 63.1 Å². The molecule has 0 radical (unpaired) electrons. The number of hydrogen-bond acceptors (Lipinski definition) is 4. The van der Waals surface area contributed by atoms with Crippen molar-refractivity contribution in [3.63, 3.8) is 0 Å². The molecule has 0 saturated heterocycles. The lowest BCUT2D eigenvalue weighted by Gasteiger charge is -1.92. The summed E-state index contributed by atoms with van der Waals surface area (Å²) in [5.74, 6) is 0.560. The molecule has 0 fully saturated rings. The molecule has 0 atom stereocenters. The summed E-state index contributed by atoms with van der Waals surface area (Å²) in [6, 6.07) is 1.91. The van der Waals surface area contributed by atoms with E-state index in [0.29, 0.717) is 5.78 Å².